The Labute approximate surface area is 72.6 Å². The quantitative estimate of drug-likeness (QED) is 0.492. The lowest BCUT2D eigenvalue weighted by molar-refractivity contribution is -0.134. The maximum Gasteiger partial charge on any atom is 0.418 e. The van der Waals surface area contributed by atoms with Crippen LogP contribution in [0.5, 0.6) is 0 Å². The van der Waals surface area contributed by atoms with E-state index >= 15 is 0 Å². The number of amides is 2. The fourth-order valence-corrected chi connectivity index (χ4v) is 1.26. The predicted molar refractivity (Wildman–Crippen MR) is 41.2 cm³/mol. The van der Waals surface area contributed by atoms with Crippen molar-refractivity contribution in [1.82, 2.24) is 4.90 Å². The smallest absolute Gasteiger partial charge is 0.418 e. The SMILES string of the molecule is CC1(C)OC(=O)N(CBr)C1=O. The molecule has 0 bridgehead atoms. The molecule has 0 aliphatic carbocycles. The van der Waals surface area contributed by atoms with Crippen LogP contribution in [0.2, 0.25) is 0 Å². The number of imide groups is 1. The summed E-state index contributed by atoms with van der Waals surface area (Å²) in [6, 6.07) is 0. The molecule has 0 saturated carbocycles. The number of nitrogens with zero attached hydrogens (tertiary/aromatic N) is 1. The van der Waals surface area contributed by atoms with Gasteiger partial charge >= 0.3 is 6.09 Å². The van der Waals surface area contributed by atoms with Crippen LogP contribution in [-0.2, 0) is 9.53 Å². The summed E-state index contributed by atoms with van der Waals surface area (Å²) in [4.78, 5) is 23.1. The second-order valence-electron chi connectivity index (χ2n) is 2.73. The van der Waals surface area contributed by atoms with Gasteiger partial charge < -0.3 is 4.74 Å². The molecule has 4 nitrogen and oxygen atoms in total. The Morgan fingerprint density at radius 1 is 1.55 bits per heavy atom. The van der Waals surface area contributed by atoms with E-state index in [4.69, 9.17) is 4.74 Å². The van der Waals surface area contributed by atoms with Crippen molar-refractivity contribution >= 4 is 27.9 Å². The number of hydrogen-bond donors (Lipinski definition) is 0. The molecule has 0 radical (unpaired) electrons. The topological polar surface area (TPSA) is 46.6 Å². The summed E-state index contributed by atoms with van der Waals surface area (Å²) in [7, 11) is 0. The van der Waals surface area contributed by atoms with Gasteiger partial charge in [-0.3, -0.25) is 4.79 Å². The molecule has 1 rings (SSSR count). The molecule has 1 aliphatic heterocycles. The molecule has 0 N–H and O–H groups in total. The molecule has 62 valence electrons. The highest BCUT2D eigenvalue weighted by Crippen LogP contribution is 2.23. The summed E-state index contributed by atoms with van der Waals surface area (Å²) in [5, 5.41) is 0. The zero-order chi connectivity index (χ0) is 8.65. The van der Waals surface area contributed by atoms with Gasteiger partial charge in [0, 0.05) is 0 Å². The summed E-state index contributed by atoms with van der Waals surface area (Å²) in [5.74, 6) is -0.306. The number of ether oxygens (including phenoxy) is 1. The van der Waals surface area contributed by atoms with Gasteiger partial charge in [-0.1, -0.05) is 15.9 Å². The highest BCUT2D eigenvalue weighted by Gasteiger charge is 2.46. The van der Waals surface area contributed by atoms with Crippen molar-refractivity contribution < 1.29 is 14.3 Å². The molecular weight excluding hydrogens is 214 g/mol. The molecule has 0 unspecified atom stereocenters. The lowest BCUT2D eigenvalue weighted by Crippen LogP contribution is -2.35. The van der Waals surface area contributed by atoms with Crippen molar-refractivity contribution in [2.24, 2.45) is 0 Å². The lowest BCUT2D eigenvalue weighted by Gasteiger charge is -2.11. The average Bonchev–Trinajstić information content (AvgIpc) is 2.04. The second kappa shape index (κ2) is 2.48. The summed E-state index contributed by atoms with van der Waals surface area (Å²) >= 11 is 3.01. The Balaban J connectivity index is 2.88. The third kappa shape index (κ3) is 1.24. The van der Waals surface area contributed by atoms with Crippen LogP contribution in [-0.4, -0.2) is 28.0 Å². The molecule has 0 aromatic heterocycles. The highest BCUT2D eigenvalue weighted by atomic mass is 79.9. The molecule has 5 heteroatoms. The first kappa shape index (κ1) is 8.52. The van der Waals surface area contributed by atoms with Crippen LogP contribution in [0.15, 0.2) is 0 Å². The van der Waals surface area contributed by atoms with Gasteiger partial charge in [0.15, 0.2) is 5.60 Å². The third-order valence-corrected chi connectivity index (χ3v) is 1.94. The molecule has 0 aromatic carbocycles. The number of alkyl halides is 1. The number of cyclic esters (lactones) is 1. The van der Waals surface area contributed by atoms with E-state index in [0.717, 1.165) is 4.90 Å². The van der Waals surface area contributed by atoms with Crippen molar-refractivity contribution in [3.8, 4) is 0 Å². The Bertz CT molecular complexity index is 214. The van der Waals surface area contributed by atoms with Crippen molar-refractivity contribution in [3.05, 3.63) is 0 Å². The molecule has 1 aliphatic rings. The first-order valence-corrected chi connectivity index (χ1v) is 4.22. The second-order valence-corrected chi connectivity index (χ2v) is 3.23. The number of rotatable bonds is 1. The van der Waals surface area contributed by atoms with E-state index in [2.05, 4.69) is 15.9 Å². The van der Waals surface area contributed by atoms with Crippen LogP contribution in [0, 0.1) is 0 Å². The molecule has 1 fully saturated rings. The molecule has 0 atom stereocenters. The third-order valence-electron chi connectivity index (χ3n) is 1.44. The minimum Gasteiger partial charge on any atom is -0.433 e. The molecule has 1 heterocycles. The van der Waals surface area contributed by atoms with Crippen molar-refractivity contribution in [2.75, 3.05) is 5.45 Å². The van der Waals surface area contributed by atoms with Crippen molar-refractivity contribution in [1.29, 1.82) is 0 Å². The summed E-state index contributed by atoms with van der Waals surface area (Å²) in [5.41, 5.74) is -0.807. The van der Waals surface area contributed by atoms with Gasteiger partial charge in [0.1, 0.15) is 0 Å². The maximum absolute atomic E-state index is 11.2. The van der Waals surface area contributed by atoms with Crippen LogP contribution in [0.1, 0.15) is 13.8 Å². The first-order valence-electron chi connectivity index (χ1n) is 3.10. The maximum atomic E-state index is 11.2. The predicted octanol–water partition coefficient (Wildman–Crippen LogP) is 1.10. The Kier molecular flexibility index (Phi) is 1.92. The molecule has 0 aromatic rings. The van der Waals surface area contributed by atoms with Gasteiger partial charge in [-0.25, -0.2) is 9.69 Å². The number of carbonyl (C=O) groups is 2. The molecule has 1 saturated heterocycles. The highest BCUT2D eigenvalue weighted by molar-refractivity contribution is 9.09. The zero-order valence-electron chi connectivity index (χ0n) is 6.26. The van der Waals surface area contributed by atoms with E-state index in [-0.39, 0.29) is 11.4 Å². The van der Waals surface area contributed by atoms with Gasteiger partial charge in [0.25, 0.3) is 5.91 Å². The van der Waals surface area contributed by atoms with Gasteiger partial charge in [0.05, 0.1) is 5.45 Å². The molecule has 0 spiro atoms. The Hall–Kier alpha value is -0.580. The van der Waals surface area contributed by atoms with Crippen LogP contribution in [0.25, 0.3) is 0 Å². The van der Waals surface area contributed by atoms with Gasteiger partial charge in [-0.05, 0) is 13.8 Å². The summed E-state index contributed by atoms with van der Waals surface area (Å²) < 4.78 is 4.77. The van der Waals surface area contributed by atoms with E-state index in [1.165, 1.54) is 0 Å². The summed E-state index contributed by atoms with van der Waals surface area (Å²) in [6.07, 6.45) is -0.586. The van der Waals surface area contributed by atoms with Gasteiger partial charge in [-0.15, -0.1) is 0 Å². The molecule has 11 heavy (non-hydrogen) atoms. The minimum atomic E-state index is -0.995. The van der Waals surface area contributed by atoms with E-state index in [1.807, 2.05) is 0 Å². The normalized spacial score (nSPS) is 22.3. The minimum absolute atomic E-state index is 0.189. The largest absolute Gasteiger partial charge is 0.433 e. The van der Waals surface area contributed by atoms with Crippen molar-refractivity contribution in [2.45, 2.75) is 19.4 Å². The zero-order valence-corrected chi connectivity index (χ0v) is 7.84. The van der Waals surface area contributed by atoms with Crippen LogP contribution in [0.4, 0.5) is 4.79 Å². The first-order chi connectivity index (χ1) is 4.99. The number of halogens is 1. The Morgan fingerprint density at radius 3 is 2.27 bits per heavy atom. The summed E-state index contributed by atoms with van der Waals surface area (Å²) in [6.45, 7) is 3.13. The van der Waals surface area contributed by atoms with Gasteiger partial charge in [0.2, 0.25) is 0 Å². The fourth-order valence-electron chi connectivity index (χ4n) is 0.828. The standard InChI is InChI=1S/C6H8BrNO3/c1-6(2)4(9)8(3-7)5(10)11-6/h3H2,1-2H3. The van der Waals surface area contributed by atoms with E-state index in [9.17, 15) is 9.59 Å². The van der Waals surface area contributed by atoms with Crippen LogP contribution in [0.3, 0.4) is 0 Å². The average molecular weight is 222 g/mol. The van der Waals surface area contributed by atoms with E-state index in [0.29, 0.717) is 0 Å². The van der Waals surface area contributed by atoms with Crippen molar-refractivity contribution in [3.63, 3.8) is 0 Å². The van der Waals surface area contributed by atoms with E-state index < -0.39 is 11.7 Å². The lowest BCUT2D eigenvalue weighted by atomic mass is 10.1. The molecular formula is C6H8BrNO3. The van der Waals surface area contributed by atoms with Gasteiger partial charge in [-0.2, -0.15) is 0 Å². The fraction of sp³-hybridized carbons (Fsp3) is 0.667. The Morgan fingerprint density at radius 2 is 2.09 bits per heavy atom. The molecule has 2 amide bonds. The van der Waals surface area contributed by atoms with Crippen LogP contribution < -0.4 is 0 Å². The number of carbonyl (C=O) groups excluding carboxylic acids is 2. The number of hydrogen-bond acceptors (Lipinski definition) is 3. The van der Waals surface area contributed by atoms with Crippen LogP contribution >= 0.6 is 15.9 Å². The van der Waals surface area contributed by atoms with E-state index in [1.54, 1.807) is 13.8 Å². The monoisotopic (exact) mass is 221 g/mol.